The second-order valence-electron chi connectivity index (χ2n) is 7.96. The summed E-state index contributed by atoms with van der Waals surface area (Å²) in [4.78, 5) is 22.1. The van der Waals surface area contributed by atoms with Crippen molar-refractivity contribution in [3.63, 3.8) is 0 Å². The van der Waals surface area contributed by atoms with Gasteiger partial charge >= 0.3 is 0 Å². The quantitative estimate of drug-likeness (QED) is 0.803. The molecule has 0 N–H and O–H groups in total. The van der Waals surface area contributed by atoms with Gasteiger partial charge in [-0.3, -0.25) is 19.2 Å². The third-order valence-corrected chi connectivity index (χ3v) is 6.18. The van der Waals surface area contributed by atoms with E-state index in [2.05, 4.69) is 11.8 Å². The van der Waals surface area contributed by atoms with E-state index < -0.39 is 0 Å². The maximum atomic E-state index is 13.4. The highest BCUT2D eigenvalue weighted by Gasteiger charge is 2.34. The van der Waals surface area contributed by atoms with E-state index in [-0.39, 0.29) is 11.4 Å². The van der Waals surface area contributed by atoms with Gasteiger partial charge in [0.2, 0.25) is 5.95 Å². The van der Waals surface area contributed by atoms with Gasteiger partial charge in [-0.2, -0.15) is 0 Å². The Morgan fingerprint density at radius 3 is 2.48 bits per heavy atom. The fraction of sp³-hybridized carbons (Fsp3) is 0.524. The molecule has 0 spiro atoms. The van der Waals surface area contributed by atoms with Crippen molar-refractivity contribution in [2.75, 3.05) is 11.6 Å². The average molecular weight is 370 g/mol. The molecule has 1 saturated carbocycles. The molecule has 2 aromatic rings. The van der Waals surface area contributed by atoms with Crippen LogP contribution in [0.2, 0.25) is 0 Å². The number of aryl methyl sites for hydroxylation is 1. The lowest BCUT2D eigenvalue weighted by atomic mass is 9.85. The van der Waals surface area contributed by atoms with Gasteiger partial charge in [-0.25, -0.2) is 9.37 Å². The molecule has 6 heteroatoms. The zero-order chi connectivity index (χ0) is 19.1. The lowest BCUT2D eigenvalue weighted by Gasteiger charge is -2.45. The Bertz CT molecular complexity index is 892. The number of aromatic nitrogens is 2. The first-order chi connectivity index (χ1) is 13.0. The first kappa shape index (κ1) is 18.2. The second kappa shape index (κ2) is 7.08. The molecule has 4 rings (SSSR count). The Kier molecular flexibility index (Phi) is 4.76. The summed E-state index contributed by atoms with van der Waals surface area (Å²) in [6.45, 7) is 7.24. The molecule has 0 radical (unpaired) electrons. The summed E-state index contributed by atoms with van der Waals surface area (Å²) < 4.78 is 15.2. The van der Waals surface area contributed by atoms with Gasteiger partial charge in [-0.15, -0.1) is 0 Å². The van der Waals surface area contributed by atoms with Gasteiger partial charge < -0.3 is 0 Å². The number of fused-ring (bicyclic) bond motifs is 1. The summed E-state index contributed by atoms with van der Waals surface area (Å²) >= 11 is 0. The van der Waals surface area contributed by atoms with Crippen molar-refractivity contribution in [2.24, 2.45) is 5.92 Å². The highest BCUT2D eigenvalue weighted by Crippen LogP contribution is 2.33. The molecule has 144 valence electrons. The molecule has 0 amide bonds. The molecule has 0 saturated heterocycles. The zero-order valence-electron chi connectivity index (χ0n) is 16.3. The van der Waals surface area contributed by atoms with Crippen LogP contribution >= 0.6 is 0 Å². The second-order valence-corrected chi connectivity index (χ2v) is 7.96. The Hall–Kier alpha value is -2.21. The predicted octanol–water partition coefficient (Wildman–Crippen LogP) is 3.95. The Labute approximate surface area is 159 Å². The van der Waals surface area contributed by atoms with Crippen LogP contribution in [0.15, 0.2) is 29.1 Å². The topological polar surface area (TPSA) is 41.4 Å². The van der Waals surface area contributed by atoms with Crippen LogP contribution in [0.5, 0.6) is 0 Å². The predicted molar refractivity (Wildman–Crippen MR) is 105 cm³/mol. The van der Waals surface area contributed by atoms with Gasteiger partial charge in [-0.1, -0.05) is 19.8 Å². The molecule has 2 aliphatic rings. The molecular weight excluding hydrogens is 343 g/mol. The number of benzene rings is 1. The van der Waals surface area contributed by atoms with Gasteiger partial charge in [0.05, 0.1) is 13.3 Å². The van der Waals surface area contributed by atoms with Crippen LogP contribution in [0.1, 0.15) is 43.9 Å². The molecule has 2 heterocycles. The molecule has 0 bridgehead atoms. The maximum Gasteiger partial charge on any atom is 0.259 e. The maximum absolute atomic E-state index is 13.4. The minimum atomic E-state index is -0.265. The minimum Gasteiger partial charge on any atom is -0.298 e. The van der Waals surface area contributed by atoms with Crippen molar-refractivity contribution in [3.8, 4) is 0 Å². The van der Waals surface area contributed by atoms with E-state index in [1.165, 1.54) is 31.4 Å². The Balaban J connectivity index is 1.80. The van der Waals surface area contributed by atoms with Crippen LogP contribution < -0.4 is 10.5 Å². The summed E-state index contributed by atoms with van der Waals surface area (Å²) in [6, 6.07) is 6.88. The van der Waals surface area contributed by atoms with Gasteiger partial charge in [-0.05, 0) is 56.9 Å². The van der Waals surface area contributed by atoms with Crippen LogP contribution in [-0.2, 0) is 6.67 Å². The van der Waals surface area contributed by atoms with E-state index >= 15 is 0 Å². The van der Waals surface area contributed by atoms with E-state index in [9.17, 15) is 9.18 Å². The molecule has 1 aliphatic heterocycles. The van der Waals surface area contributed by atoms with E-state index in [4.69, 9.17) is 4.98 Å². The highest BCUT2D eigenvalue weighted by atomic mass is 19.1. The molecule has 27 heavy (non-hydrogen) atoms. The fourth-order valence-corrected chi connectivity index (χ4v) is 4.41. The number of anilines is 2. The smallest absolute Gasteiger partial charge is 0.259 e. The molecule has 2 unspecified atom stereocenters. The molecule has 1 aromatic heterocycles. The van der Waals surface area contributed by atoms with Crippen molar-refractivity contribution in [1.29, 1.82) is 0 Å². The lowest BCUT2D eigenvalue weighted by molar-refractivity contribution is 0.0723. The fourth-order valence-electron chi connectivity index (χ4n) is 4.41. The van der Waals surface area contributed by atoms with Crippen LogP contribution in [0.25, 0.3) is 0 Å². The normalized spacial score (nSPS) is 23.3. The van der Waals surface area contributed by atoms with E-state index in [0.717, 1.165) is 17.8 Å². The third kappa shape index (κ3) is 3.27. The number of rotatable bonds is 2. The number of halogens is 1. The third-order valence-electron chi connectivity index (χ3n) is 6.18. The first-order valence-corrected chi connectivity index (χ1v) is 9.81. The molecular formula is C21H27FN4O. The summed E-state index contributed by atoms with van der Waals surface area (Å²) in [5.41, 5.74) is 2.31. The highest BCUT2D eigenvalue weighted by molar-refractivity contribution is 5.58. The van der Waals surface area contributed by atoms with E-state index in [0.29, 0.717) is 36.8 Å². The summed E-state index contributed by atoms with van der Waals surface area (Å²) in [6.07, 6.45) is 4.89. The lowest BCUT2D eigenvalue weighted by Crippen LogP contribution is -2.53. The van der Waals surface area contributed by atoms with Crippen molar-refractivity contribution in [1.82, 2.24) is 14.5 Å². The van der Waals surface area contributed by atoms with E-state index in [1.54, 1.807) is 16.7 Å². The summed E-state index contributed by atoms with van der Waals surface area (Å²) in [7, 11) is 0. The van der Waals surface area contributed by atoms with Gasteiger partial charge in [0.25, 0.3) is 5.56 Å². The SMILES string of the molecule is Cc1nc2n(c(=O)c1C)CN(C1CCCCC1C)CN2c1ccc(F)cc1. The van der Waals surface area contributed by atoms with E-state index in [1.807, 2.05) is 18.7 Å². The average Bonchev–Trinajstić information content (AvgIpc) is 2.67. The zero-order valence-corrected chi connectivity index (χ0v) is 16.3. The van der Waals surface area contributed by atoms with Crippen molar-refractivity contribution >= 4 is 11.6 Å². The molecule has 5 nitrogen and oxygen atoms in total. The van der Waals surface area contributed by atoms with Crippen LogP contribution in [-0.4, -0.2) is 27.2 Å². The largest absolute Gasteiger partial charge is 0.298 e. The van der Waals surface area contributed by atoms with Crippen LogP contribution in [0, 0.1) is 25.6 Å². The van der Waals surface area contributed by atoms with Crippen molar-refractivity contribution < 1.29 is 4.39 Å². The number of hydrogen-bond acceptors (Lipinski definition) is 4. The molecule has 1 aliphatic carbocycles. The Morgan fingerprint density at radius 2 is 1.78 bits per heavy atom. The summed E-state index contributed by atoms with van der Waals surface area (Å²) in [5, 5.41) is 0. The number of hydrogen-bond donors (Lipinski definition) is 0. The van der Waals surface area contributed by atoms with Gasteiger partial charge in [0.15, 0.2) is 0 Å². The summed E-state index contributed by atoms with van der Waals surface area (Å²) in [5.74, 6) is 0.985. The minimum absolute atomic E-state index is 0.0118. The molecule has 1 aromatic carbocycles. The van der Waals surface area contributed by atoms with Gasteiger partial charge in [0.1, 0.15) is 5.82 Å². The van der Waals surface area contributed by atoms with Gasteiger partial charge in [0, 0.05) is 23.0 Å². The van der Waals surface area contributed by atoms with Crippen LogP contribution in [0.3, 0.4) is 0 Å². The number of nitrogens with zero attached hydrogens (tertiary/aromatic N) is 4. The van der Waals surface area contributed by atoms with Crippen molar-refractivity contribution in [2.45, 2.75) is 59.2 Å². The standard InChI is InChI=1S/C21H27FN4O/c1-14-6-4-5-7-19(14)24-12-25(18-10-8-17(22)9-11-18)21-23-16(3)15(2)20(27)26(21)13-24/h8-11,14,19H,4-7,12-13H2,1-3H3. The molecule has 1 fully saturated rings. The first-order valence-electron chi connectivity index (χ1n) is 9.81. The molecule has 2 atom stereocenters. The van der Waals surface area contributed by atoms with Crippen LogP contribution in [0.4, 0.5) is 16.0 Å². The Morgan fingerprint density at radius 1 is 1.07 bits per heavy atom. The van der Waals surface area contributed by atoms with Crippen molar-refractivity contribution in [3.05, 3.63) is 51.7 Å². The monoisotopic (exact) mass is 370 g/mol.